The zero-order valence-electron chi connectivity index (χ0n) is 11.7. The summed E-state index contributed by atoms with van der Waals surface area (Å²) in [5, 5.41) is 9.53. The van der Waals surface area contributed by atoms with Gasteiger partial charge in [-0.3, -0.25) is 4.79 Å². The van der Waals surface area contributed by atoms with Crippen LogP contribution in [-0.4, -0.2) is 33.4 Å². The van der Waals surface area contributed by atoms with Gasteiger partial charge in [0.2, 0.25) is 0 Å². The fraction of sp³-hybridized carbons (Fsp3) is 0.400. The van der Waals surface area contributed by atoms with E-state index in [9.17, 15) is 14.7 Å². The van der Waals surface area contributed by atoms with E-state index in [2.05, 4.69) is 4.98 Å². The minimum atomic E-state index is -1.08. The summed E-state index contributed by atoms with van der Waals surface area (Å²) in [5.41, 5.74) is 0.768. The van der Waals surface area contributed by atoms with Gasteiger partial charge in [-0.15, -0.1) is 0 Å². The highest BCUT2D eigenvalue weighted by Crippen LogP contribution is 2.42. The molecule has 0 saturated heterocycles. The monoisotopic (exact) mass is 302 g/mol. The molecule has 1 amide bonds. The third-order valence-electron chi connectivity index (χ3n) is 4.21. The molecular weight excluding hydrogens is 288 g/mol. The molecule has 1 saturated carbocycles. The highest BCUT2D eigenvalue weighted by atomic mass is 16.4. The normalized spacial score (nSPS) is 20.7. The molecule has 7 heteroatoms. The van der Waals surface area contributed by atoms with Crippen LogP contribution in [0.4, 0.5) is 0 Å². The Labute approximate surface area is 125 Å². The summed E-state index contributed by atoms with van der Waals surface area (Å²) in [7, 11) is 0. The number of rotatable bonds is 3. The second kappa shape index (κ2) is 4.72. The summed E-state index contributed by atoms with van der Waals surface area (Å²) >= 11 is 0. The lowest BCUT2D eigenvalue weighted by Crippen LogP contribution is -2.43. The molecule has 1 aliphatic heterocycles. The Hall–Kier alpha value is -2.57. The average Bonchev–Trinajstić information content (AvgIpc) is 3.05. The Bertz CT molecular complexity index is 743. The van der Waals surface area contributed by atoms with Crippen molar-refractivity contribution in [2.75, 3.05) is 6.54 Å². The maximum atomic E-state index is 12.8. The minimum Gasteiger partial charge on any atom is -0.479 e. The molecular formula is C15H14N2O5. The van der Waals surface area contributed by atoms with E-state index in [0.29, 0.717) is 23.5 Å². The number of amides is 1. The van der Waals surface area contributed by atoms with Crippen molar-refractivity contribution >= 4 is 11.9 Å². The molecule has 1 fully saturated rings. The van der Waals surface area contributed by atoms with Gasteiger partial charge in [0.05, 0.1) is 6.26 Å². The number of aliphatic carboxylic acids is 1. The molecule has 2 aromatic heterocycles. The van der Waals surface area contributed by atoms with Gasteiger partial charge in [0.1, 0.15) is 11.5 Å². The molecule has 22 heavy (non-hydrogen) atoms. The van der Waals surface area contributed by atoms with Crippen LogP contribution in [0.1, 0.15) is 52.4 Å². The first kappa shape index (κ1) is 13.1. The zero-order chi connectivity index (χ0) is 15.3. The van der Waals surface area contributed by atoms with Crippen molar-refractivity contribution in [1.82, 2.24) is 9.88 Å². The minimum absolute atomic E-state index is 0.235. The van der Waals surface area contributed by atoms with Gasteiger partial charge < -0.3 is 18.8 Å². The molecule has 7 nitrogen and oxygen atoms in total. The van der Waals surface area contributed by atoms with Gasteiger partial charge in [-0.1, -0.05) is 0 Å². The maximum Gasteiger partial charge on any atom is 0.331 e. The first-order valence-corrected chi connectivity index (χ1v) is 7.20. The lowest BCUT2D eigenvalue weighted by molar-refractivity contribution is -0.143. The standard InChI is InChI=1S/C15H14N2O5/c18-14(11-13(8-1-2-8)22-7-16-11)17-5-3-10-9(4-6-21-10)12(17)15(19)20/h4,6-8,12H,1-3,5H2,(H,19,20). The third kappa shape index (κ3) is 1.93. The van der Waals surface area contributed by atoms with Crippen LogP contribution < -0.4 is 0 Å². The Balaban J connectivity index is 1.70. The largest absolute Gasteiger partial charge is 0.479 e. The van der Waals surface area contributed by atoms with E-state index in [1.54, 1.807) is 6.07 Å². The molecule has 2 aromatic rings. The number of carbonyl (C=O) groups is 2. The second-order valence-corrected chi connectivity index (χ2v) is 5.63. The highest BCUT2D eigenvalue weighted by molar-refractivity contribution is 5.96. The van der Waals surface area contributed by atoms with Gasteiger partial charge in [-0.05, 0) is 18.9 Å². The second-order valence-electron chi connectivity index (χ2n) is 5.63. The van der Waals surface area contributed by atoms with Gasteiger partial charge in [0.15, 0.2) is 18.1 Å². The summed E-state index contributed by atoms with van der Waals surface area (Å²) in [4.78, 5) is 29.8. The molecule has 1 N–H and O–H groups in total. The van der Waals surface area contributed by atoms with Gasteiger partial charge in [0, 0.05) is 24.4 Å². The lowest BCUT2D eigenvalue weighted by Gasteiger charge is -2.32. The third-order valence-corrected chi connectivity index (χ3v) is 4.21. The molecule has 4 rings (SSSR count). The highest BCUT2D eigenvalue weighted by Gasteiger charge is 2.41. The molecule has 1 unspecified atom stereocenters. The van der Waals surface area contributed by atoms with Gasteiger partial charge in [-0.2, -0.15) is 0 Å². The number of hydrogen-bond donors (Lipinski definition) is 1. The quantitative estimate of drug-likeness (QED) is 0.931. The van der Waals surface area contributed by atoms with Crippen LogP contribution in [0.2, 0.25) is 0 Å². The van der Waals surface area contributed by atoms with Crippen molar-refractivity contribution < 1.29 is 23.5 Å². The van der Waals surface area contributed by atoms with Crippen LogP contribution in [0, 0.1) is 0 Å². The Morgan fingerprint density at radius 1 is 1.32 bits per heavy atom. The van der Waals surface area contributed by atoms with Crippen molar-refractivity contribution in [3.8, 4) is 0 Å². The van der Waals surface area contributed by atoms with Crippen molar-refractivity contribution in [2.24, 2.45) is 0 Å². The Kier molecular flexibility index (Phi) is 2.82. The zero-order valence-corrected chi connectivity index (χ0v) is 11.7. The van der Waals surface area contributed by atoms with E-state index < -0.39 is 17.9 Å². The molecule has 1 atom stereocenters. The Morgan fingerprint density at radius 2 is 2.14 bits per heavy atom. The van der Waals surface area contributed by atoms with Crippen LogP contribution in [0.5, 0.6) is 0 Å². The number of oxazole rings is 1. The molecule has 2 aliphatic rings. The van der Waals surface area contributed by atoms with Crippen molar-refractivity contribution in [3.63, 3.8) is 0 Å². The molecule has 0 radical (unpaired) electrons. The summed E-state index contributed by atoms with van der Waals surface area (Å²) < 4.78 is 10.6. The molecule has 1 aliphatic carbocycles. The van der Waals surface area contributed by atoms with Crippen LogP contribution in [0.25, 0.3) is 0 Å². The van der Waals surface area contributed by atoms with Gasteiger partial charge in [0.25, 0.3) is 5.91 Å². The van der Waals surface area contributed by atoms with E-state index >= 15 is 0 Å². The number of hydrogen-bond acceptors (Lipinski definition) is 5. The summed E-state index contributed by atoms with van der Waals surface area (Å²) in [6.45, 7) is 0.285. The number of aromatic nitrogens is 1. The molecule has 0 bridgehead atoms. The van der Waals surface area contributed by atoms with Gasteiger partial charge in [-0.25, -0.2) is 9.78 Å². The number of carbonyl (C=O) groups excluding carboxylic acids is 1. The predicted molar refractivity (Wildman–Crippen MR) is 72.3 cm³/mol. The SMILES string of the molecule is O=C(O)C1c2ccoc2CCN1C(=O)c1ncoc1C1CC1. The fourth-order valence-corrected chi connectivity index (χ4v) is 2.99. The smallest absolute Gasteiger partial charge is 0.331 e. The average molecular weight is 302 g/mol. The molecule has 3 heterocycles. The van der Waals surface area contributed by atoms with E-state index in [1.807, 2.05) is 0 Å². The summed E-state index contributed by atoms with van der Waals surface area (Å²) in [6.07, 6.45) is 5.16. The fourth-order valence-electron chi connectivity index (χ4n) is 2.99. The molecule has 114 valence electrons. The number of fused-ring (bicyclic) bond motifs is 1. The number of carboxylic acids is 1. The van der Waals surface area contributed by atoms with E-state index in [-0.39, 0.29) is 18.2 Å². The van der Waals surface area contributed by atoms with E-state index in [0.717, 1.165) is 12.8 Å². The van der Waals surface area contributed by atoms with Crippen LogP contribution >= 0.6 is 0 Å². The first-order chi connectivity index (χ1) is 10.7. The summed E-state index contributed by atoms with van der Waals surface area (Å²) in [5.74, 6) is -0.0350. The lowest BCUT2D eigenvalue weighted by atomic mass is 9.98. The summed E-state index contributed by atoms with van der Waals surface area (Å²) in [6, 6.07) is 0.566. The van der Waals surface area contributed by atoms with E-state index in [4.69, 9.17) is 8.83 Å². The topological polar surface area (TPSA) is 96.8 Å². The van der Waals surface area contributed by atoms with Crippen molar-refractivity contribution in [2.45, 2.75) is 31.2 Å². The molecule has 0 aromatic carbocycles. The van der Waals surface area contributed by atoms with Crippen LogP contribution in [0.3, 0.4) is 0 Å². The number of carboxylic acid groups (broad SMARTS) is 1. The van der Waals surface area contributed by atoms with Crippen LogP contribution in [0.15, 0.2) is 27.6 Å². The van der Waals surface area contributed by atoms with Crippen molar-refractivity contribution in [3.05, 3.63) is 41.5 Å². The number of nitrogens with zero attached hydrogens (tertiary/aromatic N) is 2. The van der Waals surface area contributed by atoms with E-state index in [1.165, 1.54) is 17.6 Å². The molecule has 0 spiro atoms. The van der Waals surface area contributed by atoms with Gasteiger partial charge >= 0.3 is 5.97 Å². The van der Waals surface area contributed by atoms with Crippen LogP contribution in [-0.2, 0) is 11.2 Å². The predicted octanol–water partition coefficient (Wildman–Crippen LogP) is 1.97. The van der Waals surface area contributed by atoms with Crippen molar-refractivity contribution in [1.29, 1.82) is 0 Å². The number of furan rings is 1. The Morgan fingerprint density at radius 3 is 2.86 bits per heavy atom. The maximum absolute atomic E-state index is 12.8. The first-order valence-electron chi connectivity index (χ1n) is 7.20.